The van der Waals surface area contributed by atoms with Crippen LogP contribution in [-0.4, -0.2) is 81.3 Å². The maximum absolute atomic E-state index is 4.88. The van der Waals surface area contributed by atoms with E-state index in [0.717, 1.165) is 56.8 Å². The van der Waals surface area contributed by atoms with Crippen LogP contribution >= 0.6 is 35.7 Å². The van der Waals surface area contributed by atoms with E-state index >= 15 is 0 Å². The molecule has 1 aromatic rings. The quantitative estimate of drug-likeness (QED) is 0.201. The Morgan fingerprint density at radius 1 is 1.33 bits per heavy atom. The van der Waals surface area contributed by atoms with E-state index in [1.165, 1.54) is 12.2 Å². The van der Waals surface area contributed by atoms with Gasteiger partial charge in [0.25, 0.3) is 0 Å². The minimum absolute atomic E-state index is 0. The Labute approximate surface area is 184 Å². The van der Waals surface area contributed by atoms with Crippen molar-refractivity contribution >= 4 is 41.7 Å². The van der Waals surface area contributed by atoms with E-state index in [4.69, 9.17) is 4.99 Å². The van der Waals surface area contributed by atoms with Crippen LogP contribution in [0.1, 0.15) is 24.5 Å². The molecule has 1 unspecified atom stereocenters. The Morgan fingerprint density at radius 3 is 2.78 bits per heavy atom. The highest BCUT2D eigenvalue weighted by Gasteiger charge is 2.29. The first-order valence-electron chi connectivity index (χ1n) is 9.45. The molecule has 27 heavy (non-hydrogen) atoms. The number of rotatable bonds is 7. The normalized spacial score (nSPS) is 20.3. The molecule has 2 aliphatic rings. The van der Waals surface area contributed by atoms with Gasteiger partial charge in [-0.15, -0.1) is 34.2 Å². The van der Waals surface area contributed by atoms with Crippen molar-refractivity contribution in [1.29, 1.82) is 0 Å². The predicted molar refractivity (Wildman–Crippen MR) is 124 cm³/mol. The van der Waals surface area contributed by atoms with Crippen molar-refractivity contribution in [2.24, 2.45) is 12.0 Å². The number of hydrogen-bond acceptors (Lipinski definition) is 5. The first-order chi connectivity index (χ1) is 12.7. The number of hydrogen-bond donors (Lipinski definition) is 1. The standard InChI is InChI=1S/C18H31N7S.HI/c1-15-21-22-17(23(15)2)13-20-18(19-8-6-12-26-3)25-11-7-16(14-25)24-9-4-5-10-24;/h4-5,16H,6-14H2,1-3H3,(H,19,20);1H. The Kier molecular flexibility index (Phi) is 9.37. The van der Waals surface area contributed by atoms with Crippen LogP contribution in [-0.2, 0) is 13.6 Å². The van der Waals surface area contributed by atoms with Gasteiger partial charge in [-0.2, -0.15) is 11.8 Å². The lowest BCUT2D eigenvalue weighted by Gasteiger charge is -2.25. The number of aliphatic imine (C=N–C) groups is 1. The van der Waals surface area contributed by atoms with Gasteiger partial charge in [-0.25, -0.2) is 4.99 Å². The van der Waals surface area contributed by atoms with E-state index in [0.29, 0.717) is 12.6 Å². The monoisotopic (exact) mass is 505 g/mol. The van der Waals surface area contributed by atoms with Crippen LogP contribution in [0.25, 0.3) is 0 Å². The predicted octanol–water partition coefficient (Wildman–Crippen LogP) is 1.89. The molecule has 0 aliphatic carbocycles. The highest BCUT2D eigenvalue weighted by molar-refractivity contribution is 14.0. The molecule has 1 atom stereocenters. The highest BCUT2D eigenvalue weighted by atomic mass is 127. The summed E-state index contributed by atoms with van der Waals surface area (Å²) in [6, 6.07) is 0.625. The second kappa shape index (κ2) is 11.3. The summed E-state index contributed by atoms with van der Waals surface area (Å²) in [5, 5.41) is 12.0. The second-order valence-corrected chi connectivity index (χ2v) is 7.93. The SMILES string of the molecule is CSCCCNC(=NCc1nnc(C)n1C)N1CCC(N2CC=CC2)C1.I. The van der Waals surface area contributed by atoms with Crippen LogP contribution in [0.5, 0.6) is 0 Å². The van der Waals surface area contributed by atoms with Crippen molar-refractivity contribution in [3.05, 3.63) is 23.8 Å². The van der Waals surface area contributed by atoms with Crippen molar-refractivity contribution < 1.29 is 0 Å². The molecule has 152 valence electrons. The van der Waals surface area contributed by atoms with Crippen LogP contribution in [0.2, 0.25) is 0 Å². The molecule has 0 aromatic carbocycles. The molecular formula is C18H32IN7S. The van der Waals surface area contributed by atoms with Crippen molar-refractivity contribution in [1.82, 2.24) is 29.9 Å². The maximum Gasteiger partial charge on any atom is 0.194 e. The summed E-state index contributed by atoms with van der Waals surface area (Å²) >= 11 is 1.89. The Hall–Kier alpha value is -0.810. The molecule has 7 nitrogen and oxygen atoms in total. The zero-order chi connectivity index (χ0) is 18.4. The zero-order valence-corrected chi connectivity index (χ0v) is 19.7. The minimum atomic E-state index is 0. The number of likely N-dealkylation sites (tertiary alicyclic amines) is 1. The highest BCUT2D eigenvalue weighted by Crippen LogP contribution is 2.18. The zero-order valence-electron chi connectivity index (χ0n) is 16.6. The van der Waals surface area contributed by atoms with Gasteiger partial charge < -0.3 is 14.8 Å². The number of aryl methyl sites for hydroxylation is 1. The third-order valence-corrected chi connectivity index (χ3v) is 5.88. The molecule has 1 N–H and O–H groups in total. The van der Waals surface area contributed by atoms with Crippen LogP contribution in [0.3, 0.4) is 0 Å². The van der Waals surface area contributed by atoms with E-state index in [2.05, 4.69) is 43.7 Å². The molecule has 0 amide bonds. The molecule has 3 rings (SSSR count). The average Bonchev–Trinajstić information content (AvgIpc) is 3.38. The third-order valence-electron chi connectivity index (χ3n) is 5.19. The number of nitrogens with one attached hydrogen (secondary N) is 1. The van der Waals surface area contributed by atoms with Gasteiger partial charge in [0, 0.05) is 45.8 Å². The average molecular weight is 505 g/mol. The van der Waals surface area contributed by atoms with Crippen LogP contribution in [0, 0.1) is 6.92 Å². The second-order valence-electron chi connectivity index (χ2n) is 6.95. The molecule has 3 heterocycles. The topological polar surface area (TPSA) is 61.6 Å². The summed E-state index contributed by atoms with van der Waals surface area (Å²) in [5.74, 6) is 4.02. The van der Waals surface area contributed by atoms with E-state index in [1.54, 1.807) is 0 Å². The summed E-state index contributed by atoms with van der Waals surface area (Å²) in [6.07, 6.45) is 9.05. The van der Waals surface area contributed by atoms with Crippen molar-refractivity contribution in [3.8, 4) is 0 Å². The molecule has 1 saturated heterocycles. The fourth-order valence-corrected chi connectivity index (χ4v) is 3.88. The lowest BCUT2D eigenvalue weighted by molar-refractivity contribution is 0.259. The minimum Gasteiger partial charge on any atom is -0.356 e. The molecule has 0 saturated carbocycles. The molecule has 0 spiro atoms. The van der Waals surface area contributed by atoms with Crippen molar-refractivity contribution in [2.75, 3.05) is 44.7 Å². The van der Waals surface area contributed by atoms with Gasteiger partial charge in [-0.05, 0) is 31.8 Å². The number of nitrogens with zero attached hydrogens (tertiary/aromatic N) is 6. The Morgan fingerprint density at radius 2 is 2.11 bits per heavy atom. The van der Waals surface area contributed by atoms with E-state index in [-0.39, 0.29) is 24.0 Å². The number of halogens is 1. The molecular weight excluding hydrogens is 473 g/mol. The Bertz CT molecular complexity index is 638. The van der Waals surface area contributed by atoms with E-state index < -0.39 is 0 Å². The van der Waals surface area contributed by atoms with Crippen LogP contribution in [0.15, 0.2) is 17.1 Å². The molecule has 0 radical (unpaired) electrons. The van der Waals surface area contributed by atoms with Crippen molar-refractivity contribution in [2.45, 2.75) is 32.4 Å². The molecule has 0 bridgehead atoms. The first kappa shape index (κ1) is 22.5. The van der Waals surface area contributed by atoms with Gasteiger partial charge in [0.15, 0.2) is 11.8 Å². The first-order valence-corrected chi connectivity index (χ1v) is 10.8. The van der Waals surface area contributed by atoms with Gasteiger partial charge >= 0.3 is 0 Å². The maximum atomic E-state index is 4.88. The van der Waals surface area contributed by atoms with Gasteiger partial charge in [0.05, 0.1) is 0 Å². The number of aromatic nitrogens is 3. The molecule has 1 aromatic heterocycles. The van der Waals surface area contributed by atoms with Crippen LogP contribution < -0.4 is 5.32 Å². The summed E-state index contributed by atoms with van der Waals surface area (Å²) in [7, 11) is 2.00. The van der Waals surface area contributed by atoms with Gasteiger partial charge in [0.1, 0.15) is 12.4 Å². The van der Waals surface area contributed by atoms with Gasteiger partial charge in [-0.3, -0.25) is 4.90 Å². The number of thioether (sulfide) groups is 1. The summed E-state index contributed by atoms with van der Waals surface area (Å²) in [6.45, 7) is 7.78. The smallest absolute Gasteiger partial charge is 0.194 e. The summed E-state index contributed by atoms with van der Waals surface area (Å²) < 4.78 is 2.01. The van der Waals surface area contributed by atoms with Gasteiger partial charge in [0.2, 0.25) is 0 Å². The Balaban J connectivity index is 0.00000261. The fraction of sp³-hybridized carbons (Fsp3) is 0.722. The van der Waals surface area contributed by atoms with Crippen molar-refractivity contribution in [3.63, 3.8) is 0 Å². The lowest BCUT2D eigenvalue weighted by Crippen LogP contribution is -2.43. The van der Waals surface area contributed by atoms with E-state index in [1.807, 2.05) is 30.3 Å². The third kappa shape index (κ3) is 6.08. The number of guanidine groups is 1. The fourth-order valence-electron chi connectivity index (χ4n) is 3.44. The summed E-state index contributed by atoms with van der Waals surface area (Å²) in [4.78, 5) is 9.84. The van der Waals surface area contributed by atoms with Crippen LogP contribution in [0.4, 0.5) is 0 Å². The van der Waals surface area contributed by atoms with E-state index in [9.17, 15) is 0 Å². The molecule has 1 fully saturated rings. The lowest BCUT2D eigenvalue weighted by atomic mass is 10.2. The molecule has 9 heteroatoms. The molecule has 2 aliphatic heterocycles. The van der Waals surface area contributed by atoms with Gasteiger partial charge in [-0.1, -0.05) is 12.2 Å². The largest absolute Gasteiger partial charge is 0.356 e. The summed E-state index contributed by atoms with van der Waals surface area (Å²) in [5.41, 5.74) is 0.